The predicted molar refractivity (Wildman–Crippen MR) is 104 cm³/mol. The molecule has 3 rings (SSSR count). The van der Waals surface area contributed by atoms with E-state index in [9.17, 15) is 10.5 Å². The number of hydrogen-bond acceptors (Lipinski definition) is 7. The molecule has 0 unspecified atom stereocenters. The number of benzene rings is 1. The fourth-order valence-electron chi connectivity index (χ4n) is 3.17. The molecular weight excluding hydrogens is 360 g/mol. The molecule has 1 fully saturated rings. The van der Waals surface area contributed by atoms with E-state index in [1.807, 2.05) is 44.2 Å². The van der Waals surface area contributed by atoms with Crippen molar-refractivity contribution in [3.63, 3.8) is 0 Å². The molecule has 0 bridgehead atoms. The maximum Gasteiger partial charge on any atom is 0.163 e. The maximum absolute atomic E-state index is 9.46. The van der Waals surface area contributed by atoms with E-state index in [-0.39, 0.29) is 28.1 Å². The summed E-state index contributed by atoms with van der Waals surface area (Å²) >= 11 is 4.22. The van der Waals surface area contributed by atoms with Crippen LogP contribution in [0.25, 0.3) is 11.1 Å². The van der Waals surface area contributed by atoms with Gasteiger partial charge in [0, 0.05) is 5.56 Å². The summed E-state index contributed by atoms with van der Waals surface area (Å²) in [6, 6.07) is 11.8. The van der Waals surface area contributed by atoms with Gasteiger partial charge in [-0.2, -0.15) is 10.5 Å². The number of pyridine rings is 1. The zero-order chi connectivity index (χ0) is 19.6. The molecule has 2 heterocycles. The third-order valence-electron chi connectivity index (χ3n) is 4.49. The number of aryl methyl sites for hydroxylation is 1. The van der Waals surface area contributed by atoms with E-state index < -0.39 is 5.79 Å². The first kappa shape index (κ1) is 19.2. The number of hydrogen-bond donors (Lipinski definition) is 2. The van der Waals surface area contributed by atoms with E-state index in [0.29, 0.717) is 12.2 Å². The zero-order valence-electron chi connectivity index (χ0n) is 15.2. The highest BCUT2D eigenvalue weighted by Gasteiger charge is 2.32. The van der Waals surface area contributed by atoms with Crippen LogP contribution in [0.5, 0.6) is 0 Å². The van der Waals surface area contributed by atoms with Gasteiger partial charge in [0.25, 0.3) is 0 Å². The van der Waals surface area contributed by atoms with Crippen LogP contribution in [0, 0.1) is 22.7 Å². The number of aromatic nitrogens is 1. The van der Waals surface area contributed by atoms with Crippen molar-refractivity contribution < 1.29 is 9.47 Å². The number of nitriles is 2. The Morgan fingerprint density at radius 2 is 1.89 bits per heavy atom. The van der Waals surface area contributed by atoms with Crippen LogP contribution < -0.4 is 5.73 Å². The van der Waals surface area contributed by atoms with Gasteiger partial charge >= 0.3 is 0 Å². The van der Waals surface area contributed by atoms with Crippen LogP contribution in [0.3, 0.4) is 0 Å². The summed E-state index contributed by atoms with van der Waals surface area (Å²) in [6.45, 7) is 4.43. The van der Waals surface area contributed by atoms with Crippen LogP contribution in [0.4, 0.5) is 5.82 Å². The summed E-state index contributed by atoms with van der Waals surface area (Å²) in [4.78, 5) is 3.98. The van der Waals surface area contributed by atoms with Gasteiger partial charge in [-0.1, -0.05) is 24.3 Å². The first-order valence-electron chi connectivity index (χ1n) is 8.58. The molecule has 1 aliphatic heterocycles. The van der Waals surface area contributed by atoms with Gasteiger partial charge in [0.15, 0.2) is 5.79 Å². The molecule has 1 saturated heterocycles. The minimum absolute atomic E-state index is 0.0709. The second kappa shape index (κ2) is 7.58. The molecule has 0 amide bonds. The summed E-state index contributed by atoms with van der Waals surface area (Å²) in [7, 11) is 0. The summed E-state index contributed by atoms with van der Waals surface area (Å²) in [5.41, 5.74) is 8.62. The van der Waals surface area contributed by atoms with Crippen LogP contribution in [0.15, 0.2) is 29.3 Å². The fraction of sp³-hybridized carbons (Fsp3) is 0.350. The normalized spacial score (nSPS) is 18.0. The lowest BCUT2D eigenvalue weighted by Crippen LogP contribution is -2.21. The van der Waals surface area contributed by atoms with Crippen molar-refractivity contribution in [2.24, 2.45) is 0 Å². The van der Waals surface area contributed by atoms with E-state index in [4.69, 9.17) is 15.2 Å². The second-order valence-corrected chi connectivity index (χ2v) is 7.28. The van der Waals surface area contributed by atoms with Crippen LogP contribution in [-0.2, 0) is 15.9 Å². The largest absolute Gasteiger partial charge is 0.383 e. The topological polar surface area (TPSA) is 105 Å². The van der Waals surface area contributed by atoms with Crippen LogP contribution in [0.1, 0.15) is 37.0 Å². The van der Waals surface area contributed by atoms with Crippen molar-refractivity contribution in [1.29, 1.82) is 10.5 Å². The highest BCUT2D eigenvalue weighted by atomic mass is 32.1. The molecule has 2 N–H and O–H groups in total. The SMILES string of the molecule is CC1(C)OC[C@@H](CCc2ccc(-c3c(C#N)c(N)nc(S)c3C#N)cc2)O1. The third-order valence-corrected chi connectivity index (χ3v) is 4.82. The molecule has 1 aliphatic rings. The Kier molecular flexibility index (Phi) is 5.38. The van der Waals surface area contributed by atoms with Gasteiger partial charge in [0.1, 0.15) is 28.5 Å². The summed E-state index contributed by atoms with van der Waals surface area (Å²) in [6.07, 6.45) is 1.79. The lowest BCUT2D eigenvalue weighted by atomic mass is 9.95. The predicted octanol–water partition coefficient (Wildman–Crippen LogP) is 3.45. The number of nitrogen functional groups attached to an aromatic ring is 1. The average molecular weight is 380 g/mol. The van der Waals surface area contributed by atoms with Crippen LogP contribution >= 0.6 is 12.6 Å². The Morgan fingerprint density at radius 3 is 2.44 bits per heavy atom. The molecule has 1 atom stereocenters. The third kappa shape index (κ3) is 4.06. The first-order chi connectivity index (χ1) is 12.8. The molecule has 0 radical (unpaired) electrons. The van der Waals surface area contributed by atoms with Crippen molar-refractivity contribution in [2.45, 2.75) is 43.6 Å². The molecule has 1 aromatic carbocycles. The fourth-order valence-corrected chi connectivity index (χ4v) is 3.44. The van der Waals surface area contributed by atoms with Crippen molar-refractivity contribution >= 4 is 18.4 Å². The van der Waals surface area contributed by atoms with Gasteiger partial charge in [0.2, 0.25) is 0 Å². The van der Waals surface area contributed by atoms with E-state index in [2.05, 4.69) is 23.7 Å². The van der Waals surface area contributed by atoms with E-state index >= 15 is 0 Å². The van der Waals surface area contributed by atoms with Gasteiger partial charge in [-0.25, -0.2) is 4.98 Å². The van der Waals surface area contributed by atoms with Crippen LogP contribution in [0.2, 0.25) is 0 Å². The molecule has 138 valence electrons. The summed E-state index contributed by atoms with van der Waals surface area (Å²) in [5.74, 6) is -0.441. The average Bonchev–Trinajstić information content (AvgIpc) is 2.99. The number of anilines is 1. The van der Waals surface area contributed by atoms with Crippen LogP contribution in [-0.4, -0.2) is 23.5 Å². The molecule has 1 aromatic heterocycles. The number of ether oxygens (including phenoxy) is 2. The van der Waals surface area contributed by atoms with Crippen molar-refractivity contribution in [2.75, 3.05) is 12.3 Å². The lowest BCUT2D eigenvalue weighted by molar-refractivity contribution is -0.138. The number of rotatable bonds is 4. The van der Waals surface area contributed by atoms with E-state index in [1.54, 1.807) is 0 Å². The second-order valence-electron chi connectivity index (χ2n) is 6.86. The first-order valence-corrected chi connectivity index (χ1v) is 9.03. The maximum atomic E-state index is 9.46. The van der Waals surface area contributed by atoms with Crippen molar-refractivity contribution in [1.82, 2.24) is 4.98 Å². The molecule has 0 aliphatic carbocycles. The minimum Gasteiger partial charge on any atom is -0.383 e. The van der Waals surface area contributed by atoms with Gasteiger partial charge in [-0.15, -0.1) is 12.6 Å². The summed E-state index contributed by atoms with van der Waals surface area (Å²) in [5, 5.41) is 19.1. The van der Waals surface area contributed by atoms with Crippen molar-refractivity contribution in [3.8, 4) is 23.3 Å². The Morgan fingerprint density at radius 1 is 1.22 bits per heavy atom. The quantitative estimate of drug-likeness (QED) is 0.787. The zero-order valence-corrected chi connectivity index (χ0v) is 16.1. The minimum atomic E-state index is -0.512. The number of thiol groups is 1. The standard InChI is InChI=1S/C20H20N4O2S/c1-20(2)25-11-14(26-20)8-5-12-3-6-13(7-4-12)17-15(9-21)18(23)24-19(27)16(17)10-22/h3-4,6-7,14H,5,8,11H2,1-2H3,(H3,23,24,27)/t14-/m1/s1. The Labute approximate surface area is 163 Å². The van der Waals surface area contributed by atoms with E-state index in [0.717, 1.165) is 24.0 Å². The molecule has 0 spiro atoms. The number of nitrogens with zero attached hydrogens (tertiary/aromatic N) is 3. The smallest absolute Gasteiger partial charge is 0.163 e. The van der Waals surface area contributed by atoms with Gasteiger partial charge in [0.05, 0.1) is 18.3 Å². The van der Waals surface area contributed by atoms with Gasteiger partial charge < -0.3 is 15.2 Å². The molecule has 6 nitrogen and oxygen atoms in total. The lowest BCUT2D eigenvalue weighted by Gasteiger charge is -2.17. The molecule has 27 heavy (non-hydrogen) atoms. The molecular formula is C20H20N4O2S. The Bertz CT molecular complexity index is 904. The monoisotopic (exact) mass is 380 g/mol. The van der Waals surface area contributed by atoms with E-state index in [1.165, 1.54) is 0 Å². The number of nitrogens with two attached hydrogens (primary N) is 1. The molecule has 7 heteroatoms. The molecule has 2 aromatic rings. The highest BCUT2D eigenvalue weighted by molar-refractivity contribution is 7.80. The Hall–Kier alpha value is -2.58. The van der Waals surface area contributed by atoms with Gasteiger partial charge in [-0.05, 0) is 37.8 Å². The Balaban J connectivity index is 1.82. The molecule has 0 saturated carbocycles. The highest BCUT2D eigenvalue weighted by Crippen LogP contribution is 2.33. The van der Waals surface area contributed by atoms with Crippen molar-refractivity contribution in [3.05, 3.63) is 41.0 Å². The summed E-state index contributed by atoms with van der Waals surface area (Å²) < 4.78 is 11.4. The van der Waals surface area contributed by atoms with Gasteiger partial charge in [-0.3, -0.25) is 0 Å².